The highest BCUT2D eigenvalue weighted by Gasteiger charge is 2.13. The Bertz CT molecular complexity index is 1120. The quantitative estimate of drug-likeness (QED) is 0.219. The summed E-state index contributed by atoms with van der Waals surface area (Å²) in [6.45, 7) is 4.42. The van der Waals surface area contributed by atoms with Gasteiger partial charge in [-0.2, -0.15) is 5.26 Å². The molecule has 0 bridgehead atoms. The highest BCUT2D eigenvalue weighted by Crippen LogP contribution is 2.29. The molecule has 0 fully saturated rings. The van der Waals surface area contributed by atoms with Crippen LogP contribution in [0, 0.1) is 18.3 Å². The van der Waals surface area contributed by atoms with Crippen molar-refractivity contribution in [2.45, 2.75) is 13.8 Å². The maximum atomic E-state index is 12.5. The summed E-state index contributed by atoms with van der Waals surface area (Å²) in [5, 5.41) is 9.44. The van der Waals surface area contributed by atoms with Gasteiger partial charge in [-0.25, -0.2) is 4.79 Å². The van der Waals surface area contributed by atoms with Crippen molar-refractivity contribution in [2.75, 3.05) is 13.7 Å². The van der Waals surface area contributed by atoms with Crippen LogP contribution in [0.25, 0.3) is 17.2 Å². The first-order valence-electron chi connectivity index (χ1n) is 9.86. The minimum Gasteiger partial charge on any atom is -0.493 e. The largest absolute Gasteiger partial charge is 0.493 e. The second-order valence-corrected chi connectivity index (χ2v) is 6.79. The van der Waals surface area contributed by atoms with Gasteiger partial charge in [0.2, 0.25) is 0 Å². The van der Waals surface area contributed by atoms with E-state index in [1.54, 1.807) is 30.3 Å². The summed E-state index contributed by atoms with van der Waals surface area (Å²) in [5.74, 6) is 0.759. The molecule has 3 aromatic rings. The Morgan fingerprint density at radius 1 is 0.968 bits per heavy atom. The Kier molecular flexibility index (Phi) is 7.08. The second kappa shape index (κ2) is 10.1. The molecular formula is C26H23NO4. The van der Waals surface area contributed by atoms with Crippen molar-refractivity contribution in [1.82, 2.24) is 0 Å². The lowest BCUT2D eigenvalue weighted by molar-refractivity contribution is -0.129. The smallest absolute Gasteiger partial charge is 0.354 e. The average molecular weight is 413 g/mol. The molecule has 0 heterocycles. The zero-order valence-electron chi connectivity index (χ0n) is 17.7. The van der Waals surface area contributed by atoms with Gasteiger partial charge in [0, 0.05) is 0 Å². The van der Waals surface area contributed by atoms with Crippen LogP contribution < -0.4 is 14.2 Å². The Balaban J connectivity index is 1.75. The molecule has 0 aliphatic heterocycles. The Hall–Kier alpha value is -4.04. The van der Waals surface area contributed by atoms with E-state index in [1.807, 2.05) is 56.3 Å². The third-order valence-corrected chi connectivity index (χ3v) is 4.59. The van der Waals surface area contributed by atoms with E-state index >= 15 is 0 Å². The molecule has 0 saturated carbocycles. The molecule has 0 N–H and O–H groups in total. The summed E-state index contributed by atoms with van der Waals surface area (Å²) < 4.78 is 16.2. The van der Waals surface area contributed by atoms with Gasteiger partial charge in [0.1, 0.15) is 17.4 Å². The number of carbonyl (C=O) groups is 1. The van der Waals surface area contributed by atoms with Gasteiger partial charge in [-0.3, -0.25) is 0 Å². The van der Waals surface area contributed by atoms with Gasteiger partial charge in [0.15, 0.2) is 11.5 Å². The molecule has 3 rings (SSSR count). The summed E-state index contributed by atoms with van der Waals surface area (Å²) in [6.07, 6.45) is 1.46. The number of nitrogens with zero attached hydrogens (tertiary/aromatic N) is 1. The van der Waals surface area contributed by atoms with Crippen LogP contribution in [0.3, 0.4) is 0 Å². The molecule has 0 aliphatic carbocycles. The number of nitriles is 1. The number of ether oxygens (including phenoxy) is 3. The summed E-state index contributed by atoms with van der Waals surface area (Å²) in [6, 6.07) is 22.4. The van der Waals surface area contributed by atoms with E-state index in [1.165, 1.54) is 18.7 Å². The molecule has 5 nitrogen and oxygen atoms in total. The SMILES string of the molecule is CCOc1ccc(/C=C(\C#N)C(=O)Oc2ccc(-c3ccc(C)cc3)cc2)cc1OC. The molecule has 0 saturated heterocycles. The standard InChI is InChI=1S/C26H23NO4/c1-4-30-24-14-7-19(16-25(24)29-3)15-22(17-27)26(28)31-23-12-10-21(11-13-23)20-8-5-18(2)6-9-20/h5-16H,4H2,1-3H3/b22-15+. The third kappa shape index (κ3) is 5.52. The number of aryl methyl sites for hydroxylation is 1. The molecule has 0 unspecified atom stereocenters. The zero-order chi connectivity index (χ0) is 22.2. The van der Waals surface area contributed by atoms with Gasteiger partial charge in [-0.05, 0) is 60.9 Å². The lowest BCUT2D eigenvalue weighted by Crippen LogP contribution is -2.10. The van der Waals surface area contributed by atoms with Crippen LogP contribution in [0.1, 0.15) is 18.1 Å². The van der Waals surface area contributed by atoms with Gasteiger partial charge in [0.25, 0.3) is 0 Å². The fourth-order valence-corrected chi connectivity index (χ4v) is 2.98. The predicted octanol–water partition coefficient (Wildman–Crippen LogP) is 5.58. The van der Waals surface area contributed by atoms with Crippen LogP contribution in [0.5, 0.6) is 17.2 Å². The lowest BCUT2D eigenvalue weighted by Gasteiger charge is -2.10. The second-order valence-electron chi connectivity index (χ2n) is 6.79. The Labute approximate surface area is 182 Å². The van der Waals surface area contributed by atoms with E-state index in [2.05, 4.69) is 0 Å². The Morgan fingerprint density at radius 2 is 1.61 bits per heavy atom. The molecule has 0 amide bonds. The van der Waals surface area contributed by atoms with Crippen molar-refractivity contribution < 1.29 is 19.0 Å². The first kappa shape index (κ1) is 21.7. The number of hydrogen-bond acceptors (Lipinski definition) is 5. The number of hydrogen-bond donors (Lipinski definition) is 0. The number of rotatable bonds is 7. The molecule has 5 heteroatoms. The van der Waals surface area contributed by atoms with E-state index in [-0.39, 0.29) is 5.57 Å². The maximum absolute atomic E-state index is 12.5. The molecule has 0 spiro atoms. The molecule has 31 heavy (non-hydrogen) atoms. The number of methoxy groups -OCH3 is 1. The number of esters is 1. The minimum absolute atomic E-state index is 0.117. The summed E-state index contributed by atoms with van der Waals surface area (Å²) in [4.78, 5) is 12.5. The molecular weight excluding hydrogens is 390 g/mol. The van der Waals surface area contributed by atoms with Crippen molar-refractivity contribution in [2.24, 2.45) is 0 Å². The monoisotopic (exact) mass is 413 g/mol. The van der Waals surface area contributed by atoms with Crippen LogP contribution in [-0.4, -0.2) is 19.7 Å². The molecule has 0 atom stereocenters. The predicted molar refractivity (Wildman–Crippen MR) is 120 cm³/mol. The van der Waals surface area contributed by atoms with Crippen LogP contribution in [0.4, 0.5) is 0 Å². The normalized spacial score (nSPS) is 10.8. The van der Waals surface area contributed by atoms with Crippen molar-refractivity contribution in [3.05, 3.63) is 83.4 Å². The topological polar surface area (TPSA) is 68.5 Å². The van der Waals surface area contributed by atoms with Crippen molar-refractivity contribution in [3.63, 3.8) is 0 Å². The van der Waals surface area contributed by atoms with Crippen molar-refractivity contribution >= 4 is 12.0 Å². The van der Waals surface area contributed by atoms with Gasteiger partial charge >= 0.3 is 5.97 Å². The molecule has 0 aromatic heterocycles. The summed E-state index contributed by atoms with van der Waals surface area (Å²) in [7, 11) is 1.53. The first-order valence-corrected chi connectivity index (χ1v) is 9.86. The van der Waals surface area contributed by atoms with Gasteiger partial charge < -0.3 is 14.2 Å². The van der Waals surface area contributed by atoms with Gasteiger partial charge in [-0.1, -0.05) is 48.0 Å². The summed E-state index contributed by atoms with van der Waals surface area (Å²) >= 11 is 0. The molecule has 3 aromatic carbocycles. The van der Waals surface area contributed by atoms with Crippen LogP contribution in [-0.2, 0) is 4.79 Å². The van der Waals surface area contributed by atoms with Crippen LogP contribution in [0.2, 0.25) is 0 Å². The molecule has 0 aliphatic rings. The highest BCUT2D eigenvalue weighted by atomic mass is 16.5. The lowest BCUT2D eigenvalue weighted by atomic mass is 10.0. The number of carbonyl (C=O) groups excluding carboxylic acids is 1. The highest BCUT2D eigenvalue weighted by molar-refractivity contribution is 5.99. The van der Waals surface area contributed by atoms with E-state index < -0.39 is 5.97 Å². The van der Waals surface area contributed by atoms with Crippen LogP contribution in [0.15, 0.2) is 72.3 Å². The average Bonchev–Trinajstić information content (AvgIpc) is 2.79. The Morgan fingerprint density at radius 3 is 2.19 bits per heavy atom. The van der Waals surface area contributed by atoms with Crippen molar-refractivity contribution in [3.8, 4) is 34.4 Å². The third-order valence-electron chi connectivity index (χ3n) is 4.59. The van der Waals surface area contributed by atoms with Gasteiger partial charge in [0.05, 0.1) is 13.7 Å². The van der Waals surface area contributed by atoms with E-state index in [4.69, 9.17) is 14.2 Å². The zero-order valence-corrected chi connectivity index (χ0v) is 17.7. The van der Waals surface area contributed by atoms with Crippen LogP contribution >= 0.6 is 0 Å². The number of benzene rings is 3. The minimum atomic E-state index is -0.724. The fourth-order valence-electron chi connectivity index (χ4n) is 2.98. The molecule has 156 valence electrons. The maximum Gasteiger partial charge on any atom is 0.354 e. The van der Waals surface area contributed by atoms with E-state index in [0.29, 0.717) is 29.4 Å². The molecule has 0 radical (unpaired) electrons. The van der Waals surface area contributed by atoms with E-state index in [9.17, 15) is 10.1 Å². The first-order chi connectivity index (χ1) is 15.0. The van der Waals surface area contributed by atoms with Gasteiger partial charge in [-0.15, -0.1) is 0 Å². The van der Waals surface area contributed by atoms with Crippen molar-refractivity contribution in [1.29, 1.82) is 5.26 Å². The summed E-state index contributed by atoms with van der Waals surface area (Å²) in [5.41, 5.74) is 3.79. The van der Waals surface area contributed by atoms with E-state index in [0.717, 1.165) is 11.1 Å². The fraction of sp³-hybridized carbons (Fsp3) is 0.154.